The van der Waals surface area contributed by atoms with Crippen molar-refractivity contribution >= 4 is 6.09 Å². The maximum Gasteiger partial charge on any atom is 0.407 e. The van der Waals surface area contributed by atoms with Gasteiger partial charge in [0.1, 0.15) is 5.60 Å². The fourth-order valence-electron chi connectivity index (χ4n) is 1.98. The van der Waals surface area contributed by atoms with Gasteiger partial charge in [0.25, 0.3) is 0 Å². The Morgan fingerprint density at radius 3 is 2.45 bits per heavy atom. The first-order valence-electron chi connectivity index (χ1n) is 7.10. The second kappa shape index (κ2) is 9.15. The van der Waals surface area contributed by atoms with Crippen LogP contribution in [0.5, 0.6) is 0 Å². The van der Waals surface area contributed by atoms with E-state index in [9.17, 15) is 4.79 Å². The van der Waals surface area contributed by atoms with Crippen molar-refractivity contribution in [2.75, 3.05) is 33.9 Å². The molecule has 0 aromatic heterocycles. The van der Waals surface area contributed by atoms with Crippen LogP contribution < -0.4 is 11.1 Å². The average Bonchev–Trinajstić information content (AvgIpc) is 2.27. The first-order valence-corrected chi connectivity index (χ1v) is 7.10. The molecule has 6 heteroatoms. The predicted molar refractivity (Wildman–Crippen MR) is 80.8 cm³/mol. The molecule has 0 aromatic carbocycles. The van der Waals surface area contributed by atoms with Crippen LogP contribution in [-0.4, -0.2) is 62.5 Å². The molecule has 20 heavy (non-hydrogen) atoms. The zero-order valence-electron chi connectivity index (χ0n) is 13.7. The van der Waals surface area contributed by atoms with E-state index in [1.54, 1.807) is 7.11 Å². The van der Waals surface area contributed by atoms with E-state index < -0.39 is 11.7 Å². The smallest absolute Gasteiger partial charge is 0.407 e. The van der Waals surface area contributed by atoms with Gasteiger partial charge in [0.05, 0.1) is 0 Å². The summed E-state index contributed by atoms with van der Waals surface area (Å²) in [6, 6.07) is -0.0123. The van der Waals surface area contributed by atoms with Crippen molar-refractivity contribution in [3.63, 3.8) is 0 Å². The van der Waals surface area contributed by atoms with Crippen LogP contribution in [0.4, 0.5) is 4.79 Å². The number of nitrogens with two attached hydrogens (primary N) is 1. The standard InChI is InChI=1S/C14H31N3O3/c1-11(16-13(18)20-14(2,3)4)12(10-15)17(5)8-7-9-19-6/h11-12H,7-10,15H2,1-6H3,(H,16,18). The second-order valence-corrected chi connectivity index (χ2v) is 6.06. The van der Waals surface area contributed by atoms with E-state index in [-0.39, 0.29) is 12.1 Å². The van der Waals surface area contributed by atoms with Crippen molar-refractivity contribution in [1.82, 2.24) is 10.2 Å². The molecule has 0 heterocycles. The number of amides is 1. The maximum absolute atomic E-state index is 11.8. The third-order valence-electron chi connectivity index (χ3n) is 2.99. The molecule has 0 radical (unpaired) electrons. The van der Waals surface area contributed by atoms with Gasteiger partial charge in [0.2, 0.25) is 0 Å². The number of rotatable bonds is 8. The Bertz CT molecular complexity index is 279. The van der Waals surface area contributed by atoms with Crippen LogP contribution in [0.25, 0.3) is 0 Å². The summed E-state index contributed by atoms with van der Waals surface area (Å²) in [5.41, 5.74) is 5.32. The summed E-state index contributed by atoms with van der Waals surface area (Å²) in [6.45, 7) is 9.53. The van der Waals surface area contributed by atoms with E-state index in [0.29, 0.717) is 6.54 Å². The van der Waals surface area contributed by atoms with Gasteiger partial charge in [-0.2, -0.15) is 0 Å². The number of nitrogens with zero attached hydrogens (tertiary/aromatic N) is 1. The lowest BCUT2D eigenvalue weighted by Gasteiger charge is -2.32. The SMILES string of the molecule is COCCCN(C)C(CN)C(C)NC(=O)OC(C)(C)C. The Kier molecular flexibility index (Phi) is 8.76. The van der Waals surface area contributed by atoms with Crippen LogP contribution in [0.3, 0.4) is 0 Å². The molecule has 1 amide bonds. The molecular weight excluding hydrogens is 258 g/mol. The molecule has 120 valence electrons. The number of hydrogen-bond acceptors (Lipinski definition) is 5. The van der Waals surface area contributed by atoms with Crippen molar-refractivity contribution < 1.29 is 14.3 Å². The zero-order chi connectivity index (χ0) is 15.8. The van der Waals surface area contributed by atoms with Crippen LogP contribution >= 0.6 is 0 Å². The molecule has 0 aromatic rings. The number of nitrogens with one attached hydrogen (secondary N) is 1. The number of ether oxygens (including phenoxy) is 2. The van der Waals surface area contributed by atoms with Gasteiger partial charge in [-0.15, -0.1) is 0 Å². The largest absolute Gasteiger partial charge is 0.444 e. The van der Waals surface area contributed by atoms with Gasteiger partial charge in [-0.3, -0.25) is 0 Å². The lowest BCUT2D eigenvalue weighted by molar-refractivity contribution is 0.0475. The molecule has 0 fully saturated rings. The number of carbonyl (C=O) groups is 1. The Labute approximate surface area is 123 Å². The highest BCUT2D eigenvalue weighted by atomic mass is 16.6. The molecule has 0 bridgehead atoms. The highest BCUT2D eigenvalue weighted by Crippen LogP contribution is 2.08. The molecule has 3 N–H and O–H groups in total. The van der Waals surface area contributed by atoms with Gasteiger partial charge in [0.15, 0.2) is 0 Å². The van der Waals surface area contributed by atoms with Crippen LogP contribution in [0.2, 0.25) is 0 Å². The first-order chi connectivity index (χ1) is 9.21. The molecule has 2 atom stereocenters. The zero-order valence-corrected chi connectivity index (χ0v) is 13.7. The molecule has 0 saturated carbocycles. The molecule has 6 nitrogen and oxygen atoms in total. The number of carbonyl (C=O) groups excluding carboxylic acids is 1. The van der Waals surface area contributed by atoms with Gasteiger partial charge < -0.3 is 25.4 Å². The Hall–Kier alpha value is -0.850. The average molecular weight is 289 g/mol. The molecule has 0 aliphatic heterocycles. The minimum Gasteiger partial charge on any atom is -0.444 e. The highest BCUT2D eigenvalue weighted by Gasteiger charge is 2.24. The third-order valence-corrected chi connectivity index (χ3v) is 2.99. The molecule has 0 rings (SSSR count). The van der Waals surface area contributed by atoms with Gasteiger partial charge >= 0.3 is 6.09 Å². The van der Waals surface area contributed by atoms with Crippen molar-refractivity contribution in [3.8, 4) is 0 Å². The lowest BCUT2D eigenvalue weighted by Crippen LogP contribution is -2.53. The van der Waals surface area contributed by atoms with E-state index in [0.717, 1.165) is 19.6 Å². The quantitative estimate of drug-likeness (QED) is 0.657. The van der Waals surface area contributed by atoms with E-state index >= 15 is 0 Å². The molecule has 0 aliphatic carbocycles. The van der Waals surface area contributed by atoms with Crippen molar-refractivity contribution in [3.05, 3.63) is 0 Å². The summed E-state index contributed by atoms with van der Waals surface area (Å²) in [7, 11) is 3.69. The summed E-state index contributed by atoms with van der Waals surface area (Å²) >= 11 is 0. The van der Waals surface area contributed by atoms with Crippen LogP contribution in [0.15, 0.2) is 0 Å². The summed E-state index contributed by atoms with van der Waals surface area (Å²) in [6.07, 6.45) is 0.525. The van der Waals surface area contributed by atoms with E-state index in [2.05, 4.69) is 10.2 Å². The van der Waals surface area contributed by atoms with Gasteiger partial charge in [-0.05, 0) is 41.2 Å². The Morgan fingerprint density at radius 2 is 2.00 bits per heavy atom. The van der Waals surface area contributed by atoms with Crippen molar-refractivity contribution in [2.24, 2.45) is 5.73 Å². The summed E-state index contributed by atoms with van der Waals surface area (Å²) < 4.78 is 10.3. The molecule has 0 spiro atoms. The third kappa shape index (κ3) is 8.35. The maximum atomic E-state index is 11.8. The molecule has 2 unspecified atom stereocenters. The minimum atomic E-state index is -0.494. The normalized spacial score (nSPS) is 15.0. The Balaban J connectivity index is 4.31. The van der Waals surface area contributed by atoms with E-state index in [1.165, 1.54) is 0 Å². The van der Waals surface area contributed by atoms with Crippen LogP contribution in [0.1, 0.15) is 34.1 Å². The topological polar surface area (TPSA) is 76.8 Å². The summed E-state index contributed by atoms with van der Waals surface area (Å²) in [4.78, 5) is 13.9. The van der Waals surface area contributed by atoms with Gasteiger partial charge in [-0.1, -0.05) is 0 Å². The van der Waals surface area contributed by atoms with E-state index in [4.69, 9.17) is 15.2 Å². The number of alkyl carbamates (subject to hydrolysis) is 1. The number of likely N-dealkylation sites (N-methyl/N-ethyl adjacent to an activating group) is 1. The highest BCUT2D eigenvalue weighted by molar-refractivity contribution is 5.68. The Morgan fingerprint density at radius 1 is 1.40 bits per heavy atom. The van der Waals surface area contributed by atoms with Crippen molar-refractivity contribution in [2.45, 2.75) is 51.8 Å². The number of hydrogen-bond donors (Lipinski definition) is 2. The van der Waals surface area contributed by atoms with Crippen LogP contribution in [-0.2, 0) is 9.47 Å². The first kappa shape index (κ1) is 19.1. The van der Waals surface area contributed by atoms with E-state index in [1.807, 2.05) is 34.7 Å². The molecule has 0 saturated heterocycles. The second-order valence-electron chi connectivity index (χ2n) is 6.06. The summed E-state index contributed by atoms with van der Waals surface area (Å²) in [5.74, 6) is 0. The number of methoxy groups -OCH3 is 1. The molecule has 0 aliphatic rings. The van der Waals surface area contributed by atoms with Crippen LogP contribution in [0, 0.1) is 0 Å². The van der Waals surface area contributed by atoms with Gasteiger partial charge in [0, 0.05) is 38.9 Å². The lowest BCUT2D eigenvalue weighted by atomic mass is 10.1. The van der Waals surface area contributed by atoms with Crippen molar-refractivity contribution in [1.29, 1.82) is 0 Å². The predicted octanol–water partition coefficient (Wildman–Crippen LogP) is 1.20. The fourth-order valence-corrected chi connectivity index (χ4v) is 1.98. The molecular formula is C14H31N3O3. The monoisotopic (exact) mass is 289 g/mol. The fraction of sp³-hybridized carbons (Fsp3) is 0.929. The summed E-state index contributed by atoms with van der Waals surface area (Å²) in [5, 5.41) is 2.84. The minimum absolute atomic E-state index is 0.0689. The van der Waals surface area contributed by atoms with Gasteiger partial charge in [-0.25, -0.2) is 4.79 Å².